The van der Waals surface area contributed by atoms with Gasteiger partial charge >= 0.3 is 13.2 Å². The Hall–Kier alpha value is -0.785. The van der Waals surface area contributed by atoms with Crippen molar-refractivity contribution < 1.29 is 23.9 Å². The molecule has 6 nitrogen and oxygen atoms in total. The van der Waals surface area contributed by atoms with E-state index in [2.05, 4.69) is 0 Å². The van der Waals surface area contributed by atoms with Crippen LogP contribution in [0.15, 0.2) is 0 Å². The molecule has 2 heterocycles. The molecule has 0 radical (unpaired) electrons. The Morgan fingerprint density at radius 2 is 1.89 bits per heavy atom. The summed E-state index contributed by atoms with van der Waals surface area (Å²) in [4.78, 5) is 12.3. The highest BCUT2D eigenvalue weighted by molar-refractivity contribution is 6.45. The maximum Gasteiger partial charge on any atom is 0.460 e. The van der Waals surface area contributed by atoms with E-state index in [0.29, 0.717) is 26.0 Å². The molecule has 1 N–H and O–H groups in total. The normalized spacial score (nSPS) is 29.6. The number of amides is 1. The van der Waals surface area contributed by atoms with Gasteiger partial charge in [-0.3, -0.25) is 0 Å². The van der Waals surface area contributed by atoms with Crippen LogP contribution < -0.4 is 0 Å². The van der Waals surface area contributed by atoms with Crippen LogP contribution in [0.25, 0.3) is 0 Å². The fourth-order valence-corrected chi connectivity index (χ4v) is 2.31. The predicted octanol–water partition coefficient (Wildman–Crippen LogP) is 1.46. The summed E-state index contributed by atoms with van der Waals surface area (Å²) < 4.78 is 17.4. The molecule has 19 heavy (non-hydrogen) atoms. The number of nitrogens with zero attached hydrogens (tertiary/aromatic N) is 1. The average Bonchev–Trinajstić information content (AvgIpc) is 2.47. The Morgan fingerprint density at radius 3 is 2.42 bits per heavy atom. The van der Waals surface area contributed by atoms with Crippen LogP contribution in [0.1, 0.15) is 27.7 Å². The molecular formula is C12H22BNO5. The van der Waals surface area contributed by atoms with Gasteiger partial charge < -0.3 is 24.1 Å². The largest absolute Gasteiger partial charge is 0.465 e. The second-order valence-corrected chi connectivity index (χ2v) is 6.14. The summed E-state index contributed by atoms with van der Waals surface area (Å²) in [6.07, 6.45) is -0.516. The molecule has 0 aromatic carbocycles. The first-order valence-electron chi connectivity index (χ1n) is 6.66. The number of hydrogen-bond donors (Lipinski definition) is 1. The predicted molar refractivity (Wildman–Crippen MR) is 70.2 cm³/mol. The van der Waals surface area contributed by atoms with Crippen molar-refractivity contribution in [2.45, 2.75) is 51.3 Å². The Kier molecular flexibility index (Phi) is 3.82. The Morgan fingerprint density at radius 1 is 1.32 bits per heavy atom. The van der Waals surface area contributed by atoms with E-state index in [4.69, 9.17) is 19.2 Å². The Balaban J connectivity index is 1.91. The van der Waals surface area contributed by atoms with Crippen molar-refractivity contribution in [2.75, 3.05) is 19.7 Å². The lowest BCUT2D eigenvalue weighted by Crippen LogP contribution is -2.46. The lowest BCUT2D eigenvalue weighted by atomic mass is 9.81. The molecule has 7 heteroatoms. The molecule has 1 amide bonds. The molecule has 2 saturated heterocycles. The smallest absolute Gasteiger partial charge is 0.460 e. The number of carbonyl (C=O) groups is 1. The van der Waals surface area contributed by atoms with Gasteiger partial charge in [0.1, 0.15) is 0 Å². The first kappa shape index (κ1) is 14.6. The van der Waals surface area contributed by atoms with E-state index in [0.717, 1.165) is 0 Å². The maximum atomic E-state index is 11.0. The van der Waals surface area contributed by atoms with Gasteiger partial charge in [-0.2, -0.15) is 0 Å². The van der Waals surface area contributed by atoms with E-state index in [1.807, 2.05) is 27.7 Å². The summed E-state index contributed by atoms with van der Waals surface area (Å²) in [5, 5.41) is 8.99. The van der Waals surface area contributed by atoms with Crippen molar-refractivity contribution in [2.24, 2.45) is 0 Å². The van der Waals surface area contributed by atoms with Gasteiger partial charge in [-0.1, -0.05) is 0 Å². The second-order valence-electron chi connectivity index (χ2n) is 6.14. The monoisotopic (exact) mass is 271 g/mol. The molecule has 0 aromatic rings. The first-order valence-corrected chi connectivity index (χ1v) is 6.66. The molecule has 0 saturated carbocycles. The van der Waals surface area contributed by atoms with Gasteiger partial charge in [0.05, 0.1) is 23.9 Å². The third-order valence-electron chi connectivity index (χ3n) is 4.17. The van der Waals surface area contributed by atoms with E-state index >= 15 is 0 Å². The zero-order valence-electron chi connectivity index (χ0n) is 12.0. The lowest BCUT2D eigenvalue weighted by molar-refractivity contribution is -0.0151. The molecule has 0 aromatic heterocycles. The summed E-state index contributed by atoms with van der Waals surface area (Å²) in [6.45, 7) is 9.22. The standard InChI is InChI=1S/C12H22BNO5/c1-11(2)12(3,4)19-13(18-11)7-9-8-14(10(15)16)5-6-17-9/h9H,5-8H2,1-4H3,(H,15,16)/t9-/m1/s1. The maximum absolute atomic E-state index is 11.0. The molecule has 2 rings (SSSR count). The van der Waals surface area contributed by atoms with Crippen molar-refractivity contribution in [3.63, 3.8) is 0 Å². The van der Waals surface area contributed by atoms with Gasteiger partial charge in [0.2, 0.25) is 0 Å². The van der Waals surface area contributed by atoms with Crippen LogP contribution in [-0.4, -0.2) is 60.2 Å². The summed E-state index contributed by atoms with van der Waals surface area (Å²) in [5.74, 6) is 0. The van der Waals surface area contributed by atoms with Gasteiger partial charge in [0, 0.05) is 19.4 Å². The minimum Gasteiger partial charge on any atom is -0.465 e. The van der Waals surface area contributed by atoms with E-state index < -0.39 is 6.09 Å². The molecule has 2 fully saturated rings. The van der Waals surface area contributed by atoms with Crippen LogP contribution in [0.5, 0.6) is 0 Å². The van der Waals surface area contributed by atoms with Crippen LogP contribution in [0.3, 0.4) is 0 Å². The minimum absolute atomic E-state index is 0.167. The molecule has 0 unspecified atom stereocenters. The quantitative estimate of drug-likeness (QED) is 0.770. The SMILES string of the molecule is CC1(C)OB(C[C@@H]2CN(C(=O)O)CCO2)OC1(C)C. The number of carboxylic acid groups (broad SMARTS) is 1. The molecular weight excluding hydrogens is 249 g/mol. The van der Waals surface area contributed by atoms with Gasteiger partial charge in [-0.05, 0) is 27.7 Å². The fraction of sp³-hybridized carbons (Fsp3) is 0.917. The van der Waals surface area contributed by atoms with Gasteiger partial charge in [0.15, 0.2) is 0 Å². The van der Waals surface area contributed by atoms with Crippen LogP contribution >= 0.6 is 0 Å². The molecule has 0 bridgehead atoms. The molecule has 2 aliphatic heterocycles. The van der Waals surface area contributed by atoms with E-state index in [-0.39, 0.29) is 24.4 Å². The van der Waals surface area contributed by atoms with Crippen molar-refractivity contribution in [1.82, 2.24) is 4.90 Å². The van der Waals surface area contributed by atoms with E-state index in [1.54, 1.807) is 0 Å². The summed E-state index contributed by atoms with van der Waals surface area (Å²) in [6, 6.07) is 0. The zero-order chi connectivity index (χ0) is 14.3. The number of morpholine rings is 1. The van der Waals surface area contributed by atoms with Gasteiger partial charge in [-0.15, -0.1) is 0 Å². The van der Waals surface area contributed by atoms with Crippen LogP contribution in [0, 0.1) is 0 Å². The third kappa shape index (κ3) is 3.04. The average molecular weight is 271 g/mol. The minimum atomic E-state index is -0.901. The van der Waals surface area contributed by atoms with Crippen LogP contribution in [0.4, 0.5) is 4.79 Å². The Labute approximate surface area is 114 Å². The van der Waals surface area contributed by atoms with Crippen molar-refractivity contribution in [1.29, 1.82) is 0 Å². The number of rotatable bonds is 2. The summed E-state index contributed by atoms with van der Waals surface area (Å²) in [5.41, 5.74) is -0.725. The highest BCUT2D eigenvalue weighted by Gasteiger charge is 2.51. The molecule has 2 aliphatic rings. The van der Waals surface area contributed by atoms with Gasteiger partial charge in [-0.25, -0.2) is 4.79 Å². The number of hydrogen-bond acceptors (Lipinski definition) is 4. The second kappa shape index (κ2) is 4.96. The van der Waals surface area contributed by atoms with Crippen LogP contribution in [-0.2, 0) is 14.0 Å². The van der Waals surface area contributed by atoms with E-state index in [9.17, 15) is 4.79 Å². The lowest BCUT2D eigenvalue weighted by Gasteiger charge is -2.32. The summed E-state index contributed by atoms with van der Waals surface area (Å²) in [7, 11) is -0.344. The van der Waals surface area contributed by atoms with Crippen molar-refractivity contribution in [3.05, 3.63) is 0 Å². The summed E-state index contributed by atoms with van der Waals surface area (Å²) >= 11 is 0. The first-order chi connectivity index (χ1) is 8.71. The van der Waals surface area contributed by atoms with Crippen molar-refractivity contribution in [3.8, 4) is 0 Å². The third-order valence-corrected chi connectivity index (χ3v) is 4.17. The van der Waals surface area contributed by atoms with Crippen LogP contribution in [0.2, 0.25) is 6.32 Å². The highest BCUT2D eigenvalue weighted by Crippen LogP contribution is 2.38. The molecule has 108 valence electrons. The Bertz CT molecular complexity index is 344. The topological polar surface area (TPSA) is 68.2 Å². The van der Waals surface area contributed by atoms with Gasteiger partial charge in [0.25, 0.3) is 0 Å². The zero-order valence-corrected chi connectivity index (χ0v) is 12.0. The highest BCUT2D eigenvalue weighted by atomic mass is 16.7. The van der Waals surface area contributed by atoms with Crippen molar-refractivity contribution >= 4 is 13.2 Å². The molecule has 0 spiro atoms. The number of ether oxygens (including phenoxy) is 1. The molecule has 1 atom stereocenters. The molecule has 0 aliphatic carbocycles. The van der Waals surface area contributed by atoms with E-state index in [1.165, 1.54) is 4.90 Å². The fourth-order valence-electron chi connectivity index (χ4n) is 2.31.